The molecule has 0 spiro atoms. The van der Waals surface area contributed by atoms with Gasteiger partial charge in [0.2, 0.25) is 0 Å². The molecular weight excluding hydrogens is 847 g/mol. The minimum absolute atomic E-state index is 0.00582. The molecule has 2 bridgehead atoms. The first-order valence-electron chi connectivity index (χ1n) is 23.0. The number of fused-ring (bicyclic) bond motifs is 2. The van der Waals surface area contributed by atoms with E-state index in [1.165, 1.54) is 6.08 Å². The van der Waals surface area contributed by atoms with Gasteiger partial charge in [-0.25, -0.2) is 0 Å². The zero-order valence-corrected chi connectivity index (χ0v) is 38.4. The molecule has 0 aromatic heterocycles. The van der Waals surface area contributed by atoms with Gasteiger partial charge in [-0.05, 0) is 63.7 Å². The molecule has 0 aliphatic carbocycles. The predicted molar refractivity (Wildman–Crippen MR) is 240 cm³/mol. The SMILES string of the molecule is CC1C=CC=CCCC=CC=CC=CC=CC(OC2OC(C)C(O)C(N)C2O)CC2O[C@](O)(CC(O)CC(O)C(O)CCC(O)CC(O)CC(=O)OC(C)C(C)C1C)CC(O)C2C(=O)O. The van der Waals surface area contributed by atoms with E-state index in [1.54, 1.807) is 31.2 Å². The van der Waals surface area contributed by atoms with Crippen molar-refractivity contribution in [3.8, 4) is 0 Å². The molecule has 3 rings (SSSR count). The molecule has 2 saturated heterocycles. The Labute approximate surface area is 383 Å². The van der Waals surface area contributed by atoms with Crippen molar-refractivity contribution in [1.82, 2.24) is 0 Å². The van der Waals surface area contributed by atoms with E-state index in [9.17, 15) is 60.7 Å². The number of ether oxygens (including phenoxy) is 4. The maximum absolute atomic E-state index is 12.7. The van der Waals surface area contributed by atoms with Gasteiger partial charge < -0.3 is 75.7 Å². The van der Waals surface area contributed by atoms with E-state index in [-0.39, 0.29) is 49.9 Å². The summed E-state index contributed by atoms with van der Waals surface area (Å²) in [6, 6.07) is -1.14. The summed E-state index contributed by atoms with van der Waals surface area (Å²) in [4.78, 5) is 25.2. The monoisotopic (exact) mass is 924 g/mol. The highest BCUT2D eigenvalue weighted by molar-refractivity contribution is 5.71. The summed E-state index contributed by atoms with van der Waals surface area (Å²) in [5.74, 6) is -5.57. The van der Waals surface area contributed by atoms with Crippen LogP contribution in [0.15, 0.2) is 72.9 Å². The number of allylic oxidation sites excluding steroid dienone is 11. The number of cyclic esters (lactones) is 1. The van der Waals surface area contributed by atoms with Crippen LogP contribution in [0.3, 0.4) is 0 Å². The van der Waals surface area contributed by atoms with Crippen molar-refractivity contribution in [2.24, 2.45) is 29.4 Å². The maximum Gasteiger partial charge on any atom is 0.311 e. The normalized spacial score (nSPS) is 42.3. The van der Waals surface area contributed by atoms with Crippen LogP contribution >= 0.6 is 0 Å². The third kappa shape index (κ3) is 18.8. The van der Waals surface area contributed by atoms with Crippen molar-refractivity contribution < 1.29 is 79.6 Å². The van der Waals surface area contributed by atoms with E-state index in [0.717, 1.165) is 12.8 Å². The predicted octanol–water partition coefficient (Wildman–Crippen LogP) is 2.21. The Bertz CT molecular complexity index is 1620. The quantitative estimate of drug-likeness (QED) is 0.181. The first kappa shape index (κ1) is 56.2. The number of esters is 1. The summed E-state index contributed by atoms with van der Waals surface area (Å²) in [6.07, 6.45) is 4.72. The lowest BCUT2D eigenvalue weighted by molar-refractivity contribution is -0.308. The van der Waals surface area contributed by atoms with Gasteiger partial charge in [-0.15, -0.1) is 0 Å². The molecule has 3 heterocycles. The summed E-state index contributed by atoms with van der Waals surface area (Å²) in [7, 11) is 0. The van der Waals surface area contributed by atoms with Gasteiger partial charge in [-0.2, -0.15) is 0 Å². The second-order valence-corrected chi connectivity index (χ2v) is 18.2. The van der Waals surface area contributed by atoms with Crippen LogP contribution in [0.1, 0.15) is 98.8 Å². The molecule has 19 atom stereocenters. The lowest BCUT2D eigenvalue weighted by Crippen LogP contribution is -2.61. The van der Waals surface area contributed by atoms with Crippen molar-refractivity contribution in [2.75, 3.05) is 0 Å². The van der Waals surface area contributed by atoms with Crippen LogP contribution in [0.25, 0.3) is 0 Å². The van der Waals surface area contributed by atoms with E-state index in [2.05, 4.69) is 26.0 Å². The number of hydrogen-bond donors (Lipinski definition) is 11. The molecular formula is C48H77NO16. The summed E-state index contributed by atoms with van der Waals surface area (Å²) >= 11 is 0. The van der Waals surface area contributed by atoms with Crippen LogP contribution in [-0.4, -0.2) is 154 Å². The highest BCUT2D eigenvalue weighted by Gasteiger charge is 2.51. The Morgan fingerprint density at radius 1 is 0.692 bits per heavy atom. The van der Waals surface area contributed by atoms with Crippen LogP contribution in [-0.2, 0) is 28.5 Å². The van der Waals surface area contributed by atoms with E-state index < -0.39 is 128 Å². The summed E-state index contributed by atoms with van der Waals surface area (Å²) in [5, 5.41) is 107. The van der Waals surface area contributed by atoms with E-state index in [0.29, 0.717) is 0 Å². The fraction of sp³-hybridized carbons (Fsp3) is 0.708. The number of nitrogens with two attached hydrogens (primary N) is 1. The Kier molecular flexibility index (Phi) is 23.9. The maximum atomic E-state index is 12.7. The topological polar surface area (TPSA) is 299 Å². The van der Waals surface area contributed by atoms with Crippen molar-refractivity contribution in [3.63, 3.8) is 0 Å². The lowest BCUT2D eigenvalue weighted by Gasteiger charge is -2.45. The second kappa shape index (κ2) is 27.6. The summed E-state index contributed by atoms with van der Waals surface area (Å²) in [5.41, 5.74) is 6.03. The van der Waals surface area contributed by atoms with E-state index in [1.807, 2.05) is 44.2 Å². The van der Waals surface area contributed by atoms with Crippen LogP contribution < -0.4 is 5.73 Å². The molecule has 0 aromatic carbocycles. The molecule has 0 radical (unpaired) electrons. The fourth-order valence-corrected chi connectivity index (χ4v) is 8.34. The van der Waals surface area contributed by atoms with Crippen LogP contribution in [0.5, 0.6) is 0 Å². The van der Waals surface area contributed by atoms with Gasteiger partial charge in [0, 0.05) is 25.7 Å². The number of hydrogen-bond acceptors (Lipinski definition) is 16. The molecule has 2 fully saturated rings. The third-order valence-electron chi connectivity index (χ3n) is 12.8. The van der Waals surface area contributed by atoms with Gasteiger partial charge in [0.1, 0.15) is 18.1 Å². The molecule has 3 aliphatic heterocycles. The fourth-order valence-electron chi connectivity index (χ4n) is 8.34. The van der Waals surface area contributed by atoms with Gasteiger partial charge in [0.15, 0.2) is 12.1 Å². The molecule has 0 saturated carbocycles. The van der Waals surface area contributed by atoms with Crippen molar-refractivity contribution in [3.05, 3.63) is 72.9 Å². The number of carboxylic acid groups (broad SMARTS) is 1. The van der Waals surface area contributed by atoms with Gasteiger partial charge in [0.05, 0.1) is 73.5 Å². The van der Waals surface area contributed by atoms with Crippen LogP contribution in [0, 0.1) is 23.7 Å². The molecule has 17 nitrogen and oxygen atoms in total. The highest BCUT2D eigenvalue weighted by Crippen LogP contribution is 2.38. The Balaban J connectivity index is 1.84. The number of aliphatic hydroxyl groups is 9. The zero-order valence-electron chi connectivity index (χ0n) is 38.4. The molecule has 370 valence electrons. The van der Waals surface area contributed by atoms with Crippen LogP contribution in [0.2, 0.25) is 0 Å². The molecule has 0 amide bonds. The number of rotatable bonds is 3. The van der Waals surface area contributed by atoms with Crippen molar-refractivity contribution >= 4 is 11.9 Å². The van der Waals surface area contributed by atoms with Gasteiger partial charge in [0.25, 0.3) is 0 Å². The Hall–Kier alpha value is -3.14. The average molecular weight is 924 g/mol. The zero-order chi connectivity index (χ0) is 48.4. The number of carbonyl (C=O) groups is 2. The number of aliphatic hydroxyl groups excluding tert-OH is 8. The standard InChI is InChI=1S/C48H77NO16/c1-28-18-16-14-12-10-8-6-7-9-11-13-15-17-19-36(64-47-45(58)43(49)44(57)32(5)63-47)25-40-42(46(59)60)39(55)27-48(61,65-40)26-35(52)23-38(54)37(53)21-20-33(50)22-34(51)24-41(56)62-31(4)30(3)29(28)2/h6-7,9,11-19,28-40,42-45,47,50-55,57-58,61H,8,10,20-27,49H2,1-5H3,(H,59,60)/t28?,29?,30?,31?,32?,33?,34?,35?,36?,37?,38?,39?,40?,42?,43?,44?,45?,47?,48-/m1/s1. The summed E-state index contributed by atoms with van der Waals surface area (Å²) in [6.45, 7) is 9.54. The number of aliphatic carboxylic acids is 1. The molecule has 17 heteroatoms. The Morgan fingerprint density at radius 3 is 1.97 bits per heavy atom. The smallest absolute Gasteiger partial charge is 0.311 e. The largest absolute Gasteiger partial charge is 0.481 e. The van der Waals surface area contributed by atoms with Crippen molar-refractivity contribution in [1.29, 1.82) is 0 Å². The highest BCUT2D eigenvalue weighted by atomic mass is 16.7. The third-order valence-corrected chi connectivity index (χ3v) is 12.8. The molecule has 0 aromatic rings. The minimum Gasteiger partial charge on any atom is -0.481 e. The van der Waals surface area contributed by atoms with Crippen LogP contribution in [0.4, 0.5) is 0 Å². The average Bonchev–Trinajstić information content (AvgIpc) is 3.21. The van der Waals surface area contributed by atoms with Gasteiger partial charge in [-0.1, -0.05) is 93.7 Å². The minimum atomic E-state index is -2.31. The molecule has 65 heavy (non-hydrogen) atoms. The van der Waals surface area contributed by atoms with Gasteiger partial charge >= 0.3 is 11.9 Å². The van der Waals surface area contributed by atoms with E-state index >= 15 is 0 Å². The Morgan fingerprint density at radius 2 is 1.31 bits per heavy atom. The van der Waals surface area contributed by atoms with E-state index in [4.69, 9.17) is 24.7 Å². The number of carboxylic acids is 1. The first-order valence-corrected chi connectivity index (χ1v) is 23.0. The number of carbonyl (C=O) groups excluding carboxylic acids is 1. The first-order chi connectivity index (χ1) is 30.6. The van der Waals surface area contributed by atoms with Gasteiger partial charge in [-0.3, -0.25) is 9.59 Å². The van der Waals surface area contributed by atoms with Crippen molar-refractivity contribution in [2.45, 2.75) is 190 Å². The molecule has 3 aliphatic rings. The second-order valence-electron chi connectivity index (χ2n) is 18.2. The summed E-state index contributed by atoms with van der Waals surface area (Å²) < 4.78 is 23.4. The lowest BCUT2D eigenvalue weighted by atomic mass is 9.82. The molecule has 18 unspecified atom stereocenters. The molecule has 12 N–H and O–H groups in total.